The lowest BCUT2D eigenvalue weighted by Gasteiger charge is -2.37. The molecule has 20 heavy (non-hydrogen) atoms. The fourth-order valence-corrected chi connectivity index (χ4v) is 3.03. The summed E-state index contributed by atoms with van der Waals surface area (Å²) in [5.41, 5.74) is 1.21. The van der Waals surface area contributed by atoms with Crippen molar-refractivity contribution >= 4 is 11.6 Å². The summed E-state index contributed by atoms with van der Waals surface area (Å²) in [6.07, 6.45) is 4.15. The molecule has 1 N–H and O–H groups in total. The maximum Gasteiger partial charge on any atom is 0.137 e. The molecule has 1 aliphatic rings. The Bertz CT molecular complexity index is 446. The normalized spacial score (nSPS) is 20.2. The van der Waals surface area contributed by atoms with Crippen LogP contribution in [0, 0.1) is 0 Å². The summed E-state index contributed by atoms with van der Waals surface area (Å²) < 4.78 is 0. The molecule has 1 aromatic heterocycles. The van der Waals surface area contributed by atoms with Gasteiger partial charge in [0.05, 0.1) is 0 Å². The van der Waals surface area contributed by atoms with Gasteiger partial charge in [-0.1, -0.05) is 13.8 Å². The minimum atomic E-state index is 0.400. The van der Waals surface area contributed by atoms with Crippen molar-refractivity contribution in [1.82, 2.24) is 14.9 Å². The smallest absolute Gasteiger partial charge is 0.137 e. The van der Waals surface area contributed by atoms with Crippen LogP contribution < -0.4 is 10.2 Å². The van der Waals surface area contributed by atoms with Crippen molar-refractivity contribution < 1.29 is 0 Å². The molecule has 0 aromatic carbocycles. The van der Waals surface area contributed by atoms with Crippen LogP contribution in [0.5, 0.6) is 0 Å². The van der Waals surface area contributed by atoms with Crippen molar-refractivity contribution in [3.8, 4) is 0 Å². The zero-order chi connectivity index (χ0) is 14.7. The molecule has 2 rings (SSSR count). The first kappa shape index (κ1) is 15.0. The van der Waals surface area contributed by atoms with Crippen LogP contribution >= 0.6 is 0 Å². The summed E-state index contributed by atoms with van der Waals surface area (Å²) in [4.78, 5) is 13.7. The highest BCUT2D eigenvalue weighted by atomic mass is 15.2. The van der Waals surface area contributed by atoms with E-state index in [2.05, 4.69) is 53.0 Å². The predicted molar refractivity (Wildman–Crippen MR) is 84.6 cm³/mol. The molecule has 112 valence electrons. The number of hydrogen-bond acceptors (Lipinski definition) is 5. The highest BCUT2D eigenvalue weighted by molar-refractivity contribution is 5.60. The van der Waals surface area contributed by atoms with Crippen molar-refractivity contribution in [2.75, 3.05) is 44.4 Å². The van der Waals surface area contributed by atoms with Crippen molar-refractivity contribution in [2.45, 2.75) is 38.6 Å². The maximum atomic E-state index is 4.57. The lowest BCUT2D eigenvalue weighted by Crippen LogP contribution is -2.45. The van der Waals surface area contributed by atoms with Crippen molar-refractivity contribution in [3.63, 3.8) is 0 Å². The van der Waals surface area contributed by atoms with Crippen LogP contribution in [-0.4, -0.2) is 55.1 Å². The van der Waals surface area contributed by atoms with E-state index in [1.807, 2.05) is 7.05 Å². The Hall–Kier alpha value is -1.36. The van der Waals surface area contributed by atoms with Crippen molar-refractivity contribution in [2.24, 2.45) is 0 Å². The van der Waals surface area contributed by atoms with Gasteiger partial charge in [-0.05, 0) is 32.4 Å². The van der Waals surface area contributed by atoms with Gasteiger partial charge in [0.2, 0.25) is 0 Å². The quantitative estimate of drug-likeness (QED) is 0.914. The number of nitrogens with zero attached hydrogens (tertiary/aromatic N) is 4. The molecule has 2 heterocycles. The Morgan fingerprint density at radius 3 is 2.75 bits per heavy atom. The average Bonchev–Trinajstić information content (AvgIpc) is 2.45. The first-order valence-corrected chi connectivity index (χ1v) is 7.48. The number of rotatable bonds is 4. The van der Waals surface area contributed by atoms with Gasteiger partial charge in [0.1, 0.15) is 18.0 Å². The molecule has 1 aliphatic heterocycles. The molecule has 0 radical (unpaired) electrons. The fourth-order valence-electron chi connectivity index (χ4n) is 3.03. The number of piperidine rings is 1. The topological polar surface area (TPSA) is 44.3 Å². The van der Waals surface area contributed by atoms with E-state index in [0.29, 0.717) is 12.0 Å². The second kappa shape index (κ2) is 6.39. The van der Waals surface area contributed by atoms with Crippen LogP contribution in [0.25, 0.3) is 0 Å². The summed E-state index contributed by atoms with van der Waals surface area (Å²) in [6.45, 7) is 6.70. The van der Waals surface area contributed by atoms with Crippen molar-refractivity contribution in [3.05, 3.63) is 11.9 Å². The first-order chi connectivity index (χ1) is 9.54. The molecule has 1 fully saturated rings. The second-order valence-corrected chi connectivity index (χ2v) is 6.03. The summed E-state index contributed by atoms with van der Waals surface area (Å²) in [7, 11) is 6.28. The molecule has 0 spiro atoms. The molecular weight excluding hydrogens is 250 g/mol. The molecule has 0 aliphatic carbocycles. The van der Waals surface area contributed by atoms with Crippen LogP contribution in [0.15, 0.2) is 6.33 Å². The van der Waals surface area contributed by atoms with Gasteiger partial charge in [0, 0.05) is 32.2 Å². The predicted octanol–water partition coefficient (Wildman–Crippen LogP) is 2.17. The average molecular weight is 277 g/mol. The number of nitrogens with one attached hydrogen (secondary N) is 1. The summed E-state index contributed by atoms with van der Waals surface area (Å²) in [5, 5.41) is 3.20. The largest absolute Gasteiger partial charge is 0.373 e. The van der Waals surface area contributed by atoms with E-state index in [9.17, 15) is 0 Å². The molecule has 0 amide bonds. The van der Waals surface area contributed by atoms with Gasteiger partial charge in [-0.25, -0.2) is 9.97 Å². The SMILES string of the molecule is CNc1ncnc(N(C)C2CCCN(C)C2)c1C(C)C. The lowest BCUT2D eigenvalue weighted by atomic mass is 10.0. The van der Waals surface area contributed by atoms with E-state index in [1.54, 1.807) is 6.33 Å². The van der Waals surface area contributed by atoms with Crippen LogP contribution in [0.3, 0.4) is 0 Å². The third kappa shape index (κ3) is 3.03. The molecule has 5 nitrogen and oxygen atoms in total. The van der Waals surface area contributed by atoms with Crippen LogP contribution in [0.2, 0.25) is 0 Å². The highest BCUT2D eigenvalue weighted by Crippen LogP contribution is 2.32. The van der Waals surface area contributed by atoms with Gasteiger partial charge in [-0.2, -0.15) is 0 Å². The zero-order valence-corrected chi connectivity index (χ0v) is 13.3. The third-order valence-electron chi connectivity index (χ3n) is 4.16. The van der Waals surface area contributed by atoms with Gasteiger partial charge in [0.25, 0.3) is 0 Å². The summed E-state index contributed by atoms with van der Waals surface area (Å²) in [6, 6.07) is 0.533. The summed E-state index contributed by atoms with van der Waals surface area (Å²) in [5.74, 6) is 2.41. The van der Waals surface area contributed by atoms with E-state index < -0.39 is 0 Å². The van der Waals surface area contributed by atoms with Crippen LogP contribution in [0.4, 0.5) is 11.6 Å². The highest BCUT2D eigenvalue weighted by Gasteiger charge is 2.25. The zero-order valence-electron chi connectivity index (χ0n) is 13.3. The Morgan fingerprint density at radius 2 is 2.15 bits per heavy atom. The number of likely N-dealkylation sites (tertiary alicyclic amines) is 1. The molecule has 1 atom stereocenters. The lowest BCUT2D eigenvalue weighted by molar-refractivity contribution is 0.247. The molecule has 5 heteroatoms. The third-order valence-corrected chi connectivity index (χ3v) is 4.16. The van der Waals surface area contributed by atoms with Gasteiger partial charge in [0.15, 0.2) is 0 Å². The fraction of sp³-hybridized carbons (Fsp3) is 0.733. The molecule has 0 bridgehead atoms. The minimum Gasteiger partial charge on any atom is -0.373 e. The number of aromatic nitrogens is 2. The van der Waals surface area contributed by atoms with Crippen molar-refractivity contribution in [1.29, 1.82) is 0 Å². The maximum absolute atomic E-state index is 4.57. The van der Waals surface area contributed by atoms with Gasteiger partial charge >= 0.3 is 0 Å². The molecule has 1 aromatic rings. The van der Waals surface area contributed by atoms with E-state index in [-0.39, 0.29) is 0 Å². The molecular formula is C15H27N5. The van der Waals surface area contributed by atoms with Gasteiger partial charge in [-0.3, -0.25) is 0 Å². The Labute approximate surface area is 122 Å². The van der Waals surface area contributed by atoms with E-state index in [0.717, 1.165) is 18.2 Å². The molecule has 0 saturated carbocycles. The summed E-state index contributed by atoms with van der Waals surface area (Å²) >= 11 is 0. The monoisotopic (exact) mass is 277 g/mol. The van der Waals surface area contributed by atoms with Gasteiger partial charge in [-0.15, -0.1) is 0 Å². The minimum absolute atomic E-state index is 0.400. The number of anilines is 2. The Kier molecular flexibility index (Phi) is 4.81. The van der Waals surface area contributed by atoms with Crippen LogP contribution in [0.1, 0.15) is 38.2 Å². The molecule has 1 unspecified atom stereocenters. The number of likely N-dealkylation sites (N-methyl/N-ethyl adjacent to an activating group) is 2. The number of hydrogen-bond donors (Lipinski definition) is 1. The second-order valence-electron chi connectivity index (χ2n) is 6.03. The van der Waals surface area contributed by atoms with E-state index >= 15 is 0 Å². The Balaban J connectivity index is 2.31. The first-order valence-electron chi connectivity index (χ1n) is 7.48. The standard InChI is InChI=1S/C15H27N5/c1-11(2)13-14(16-3)17-10-18-15(13)20(5)12-7-6-8-19(4)9-12/h10-12H,6-9H2,1-5H3,(H,16,17,18). The molecule has 1 saturated heterocycles. The van der Waals surface area contributed by atoms with Crippen LogP contribution in [-0.2, 0) is 0 Å². The Morgan fingerprint density at radius 1 is 1.40 bits per heavy atom. The van der Waals surface area contributed by atoms with E-state index in [1.165, 1.54) is 24.9 Å². The van der Waals surface area contributed by atoms with E-state index in [4.69, 9.17) is 0 Å². The van der Waals surface area contributed by atoms with Gasteiger partial charge < -0.3 is 15.1 Å².